The van der Waals surface area contributed by atoms with Crippen molar-refractivity contribution >= 4 is 9.84 Å². The molecule has 0 unspecified atom stereocenters. The number of likely N-dealkylation sites (N-methyl/N-ethyl adjacent to an activating group) is 1. The minimum Gasteiger partial charge on any atom is -0.308 e. The van der Waals surface area contributed by atoms with Crippen LogP contribution in [0.3, 0.4) is 0 Å². The van der Waals surface area contributed by atoms with Gasteiger partial charge in [0.25, 0.3) is 0 Å². The Labute approximate surface area is 165 Å². The molecule has 1 aromatic heterocycles. The summed E-state index contributed by atoms with van der Waals surface area (Å²) < 4.78 is 39.4. The van der Waals surface area contributed by atoms with Gasteiger partial charge in [-0.25, -0.2) is 12.8 Å². The van der Waals surface area contributed by atoms with Crippen LogP contribution in [-0.2, 0) is 16.4 Å². The summed E-state index contributed by atoms with van der Waals surface area (Å²) in [6.45, 7) is 3.23. The lowest BCUT2D eigenvalue weighted by molar-refractivity contribution is 0.373. The molecule has 28 heavy (non-hydrogen) atoms. The monoisotopic (exact) mass is 401 g/mol. The van der Waals surface area contributed by atoms with Crippen LogP contribution in [0.25, 0.3) is 22.4 Å². The molecule has 148 valence electrons. The van der Waals surface area contributed by atoms with Crippen molar-refractivity contribution in [3.05, 3.63) is 60.0 Å². The van der Waals surface area contributed by atoms with Gasteiger partial charge < -0.3 is 4.90 Å². The fraction of sp³-hybridized carbons (Fsp3) is 0.286. The van der Waals surface area contributed by atoms with Crippen molar-refractivity contribution in [3.8, 4) is 22.4 Å². The SMILES string of the molecule is Cc1ccc(-c2cn(CCN(C)C)nc2-c2ccc(S(C)(=O)=O)cc2)cc1F. The first-order valence-electron chi connectivity index (χ1n) is 8.94. The molecule has 0 fully saturated rings. The number of halogens is 1. The summed E-state index contributed by atoms with van der Waals surface area (Å²) in [5, 5.41) is 4.69. The maximum Gasteiger partial charge on any atom is 0.175 e. The van der Waals surface area contributed by atoms with Gasteiger partial charge in [0, 0.05) is 30.1 Å². The first-order chi connectivity index (χ1) is 13.1. The molecule has 0 aliphatic carbocycles. The van der Waals surface area contributed by atoms with Gasteiger partial charge >= 0.3 is 0 Å². The standard InChI is InChI=1S/C21H24FN3O2S/c1-15-5-6-17(13-20(15)22)19-14-25(12-11-24(2)3)23-21(19)16-7-9-18(10-8-16)28(4,26)27/h5-10,13-14H,11-12H2,1-4H3. The molecule has 3 aromatic rings. The first kappa shape index (κ1) is 20.2. The Morgan fingerprint density at radius 2 is 1.71 bits per heavy atom. The van der Waals surface area contributed by atoms with Crippen molar-refractivity contribution in [1.82, 2.24) is 14.7 Å². The quantitative estimate of drug-likeness (QED) is 0.633. The predicted molar refractivity (Wildman–Crippen MR) is 109 cm³/mol. The van der Waals surface area contributed by atoms with Crippen LogP contribution in [0.4, 0.5) is 4.39 Å². The molecular formula is C21H24FN3O2S. The van der Waals surface area contributed by atoms with E-state index in [0.29, 0.717) is 17.8 Å². The molecule has 0 radical (unpaired) electrons. The van der Waals surface area contributed by atoms with E-state index >= 15 is 0 Å². The van der Waals surface area contributed by atoms with Crippen LogP contribution in [0, 0.1) is 12.7 Å². The molecule has 5 nitrogen and oxygen atoms in total. The Kier molecular flexibility index (Phi) is 5.67. The molecule has 3 rings (SSSR count). The molecule has 2 aromatic carbocycles. The highest BCUT2D eigenvalue weighted by molar-refractivity contribution is 7.90. The third-order valence-electron chi connectivity index (χ3n) is 4.58. The first-order valence-corrected chi connectivity index (χ1v) is 10.8. The minimum absolute atomic E-state index is 0.256. The average molecular weight is 402 g/mol. The van der Waals surface area contributed by atoms with Gasteiger partial charge in [-0.1, -0.05) is 24.3 Å². The van der Waals surface area contributed by atoms with Gasteiger partial charge in [0.1, 0.15) is 11.5 Å². The summed E-state index contributed by atoms with van der Waals surface area (Å²) in [5.74, 6) is -0.267. The smallest absolute Gasteiger partial charge is 0.175 e. The van der Waals surface area contributed by atoms with E-state index in [4.69, 9.17) is 5.10 Å². The average Bonchev–Trinajstić information content (AvgIpc) is 3.06. The van der Waals surface area contributed by atoms with E-state index in [2.05, 4.69) is 4.90 Å². The zero-order valence-corrected chi connectivity index (χ0v) is 17.3. The number of hydrogen-bond acceptors (Lipinski definition) is 4. The topological polar surface area (TPSA) is 55.2 Å². The van der Waals surface area contributed by atoms with Gasteiger partial charge in [-0.15, -0.1) is 0 Å². The van der Waals surface area contributed by atoms with Gasteiger partial charge in [-0.05, 0) is 50.3 Å². The molecule has 0 bridgehead atoms. The highest BCUT2D eigenvalue weighted by Crippen LogP contribution is 2.32. The molecule has 0 atom stereocenters. The zero-order chi connectivity index (χ0) is 20.5. The molecular weight excluding hydrogens is 377 g/mol. The number of nitrogens with zero attached hydrogens (tertiary/aromatic N) is 3. The molecule has 0 N–H and O–H groups in total. The van der Waals surface area contributed by atoms with Gasteiger partial charge in [-0.3, -0.25) is 4.68 Å². The second-order valence-corrected chi connectivity index (χ2v) is 9.23. The third-order valence-corrected chi connectivity index (χ3v) is 5.71. The van der Waals surface area contributed by atoms with Crippen molar-refractivity contribution in [1.29, 1.82) is 0 Å². The van der Waals surface area contributed by atoms with E-state index in [1.165, 1.54) is 12.3 Å². The maximum atomic E-state index is 14.1. The number of rotatable bonds is 6. The highest BCUT2D eigenvalue weighted by Gasteiger charge is 2.16. The Hall–Kier alpha value is -2.51. The van der Waals surface area contributed by atoms with Crippen LogP contribution in [0.5, 0.6) is 0 Å². The maximum absolute atomic E-state index is 14.1. The van der Waals surface area contributed by atoms with E-state index < -0.39 is 9.84 Å². The van der Waals surface area contributed by atoms with E-state index in [1.807, 2.05) is 31.0 Å². The van der Waals surface area contributed by atoms with Crippen molar-refractivity contribution in [3.63, 3.8) is 0 Å². The van der Waals surface area contributed by atoms with Crippen LogP contribution in [0.2, 0.25) is 0 Å². The number of benzene rings is 2. The molecule has 0 saturated carbocycles. The molecule has 0 aliphatic heterocycles. The van der Waals surface area contributed by atoms with Crippen molar-refractivity contribution < 1.29 is 12.8 Å². The van der Waals surface area contributed by atoms with Crippen LogP contribution < -0.4 is 0 Å². The van der Waals surface area contributed by atoms with Crippen molar-refractivity contribution in [2.75, 3.05) is 26.9 Å². The summed E-state index contributed by atoms with van der Waals surface area (Å²) in [5.41, 5.74) is 3.61. The second-order valence-electron chi connectivity index (χ2n) is 7.22. The Morgan fingerprint density at radius 1 is 1.07 bits per heavy atom. The number of aryl methyl sites for hydroxylation is 1. The Balaban J connectivity index is 2.08. The lowest BCUT2D eigenvalue weighted by Crippen LogP contribution is -2.18. The minimum atomic E-state index is -3.27. The summed E-state index contributed by atoms with van der Waals surface area (Å²) in [4.78, 5) is 2.32. The fourth-order valence-corrected chi connectivity index (χ4v) is 3.51. The van der Waals surface area contributed by atoms with Crippen LogP contribution in [0.15, 0.2) is 53.6 Å². The zero-order valence-electron chi connectivity index (χ0n) is 16.5. The molecule has 0 spiro atoms. The number of aromatic nitrogens is 2. The molecule has 0 amide bonds. The molecule has 7 heteroatoms. The van der Waals surface area contributed by atoms with Gasteiger partial charge in [0.2, 0.25) is 0 Å². The van der Waals surface area contributed by atoms with Gasteiger partial charge in [0.05, 0.1) is 11.4 Å². The molecule has 1 heterocycles. The second kappa shape index (κ2) is 7.85. The van der Waals surface area contributed by atoms with Crippen molar-refractivity contribution in [2.24, 2.45) is 0 Å². The molecule has 0 saturated heterocycles. The van der Waals surface area contributed by atoms with Crippen LogP contribution in [0.1, 0.15) is 5.56 Å². The normalized spacial score (nSPS) is 11.9. The summed E-state index contributed by atoms with van der Waals surface area (Å²) in [6, 6.07) is 11.8. The third kappa shape index (κ3) is 4.48. The van der Waals surface area contributed by atoms with E-state index in [-0.39, 0.29) is 10.7 Å². The Bertz CT molecular complexity index is 1090. The summed E-state index contributed by atoms with van der Waals surface area (Å²) in [7, 11) is 0.713. The van der Waals surface area contributed by atoms with Crippen molar-refractivity contribution in [2.45, 2.75) is 18.4 Å². The van der Waals surface area contributed by atoms with Crippen LogP contribution >= 0.6 is 0 Å². The summed E-state index contributed by atoms with van der Waals surface area (Å²) >= 11 is 0. The Morgan fingerprint density at radius 3 is 2.29 bits per heavy atom. The lowest BCUT2D eigenvalue weighted by atomic mass is 10.0. The highest BCUT2D eigenvalue weighted by atomic mass is 32.2. The van der Waals surface area contributed by atoms with Crippen LogP contribution in [-0.4, -0.2) is 50.0 Å². The number of hydrogen-bond donors (Lipinski definition) is 0. The summed E-state index contributed by atoms with van der Waals surface area (Å²) in [6.07, 6.45) is 3.09. The number of sulfone groups is 1. The van der Waals surface area contributed by atoms with Gasteiger partial charge in [0.15, 0.2) is 9.84 Å². The van der Waals surface area contributed by atoms with Gasteiger partial charge in [-0.2, -0.15) is 5.10 Å². The van der Waals surface area contributed by atoms with E-state index in [9.17, 15) is 12.8 Å². The fourth-order valence-electron chi connectivity index (χ4n) is 2.88. The lowest BCUT2D eigenvalue weighted by Gasteiger charge is -2.08. The predicted octanol–water partition coefficient (Wildman–Crippen LogP) is 3.63. The van der Waals surface area contributed by atoms with E-state index in [0.717, 1.165) is 23.2 Å². The molecule has 0 aliphatic rings. The van der Waals surface area contributed by atoms with E-state index in [1.54, 1.807) is 37.3 Å². The largest absolute Gasteiger partial charge is 0.308 e.